The van der Waals surface area contributed by atoms with Crippen molar-refractivity contribution in [1.29, 1.82) is 0 Å². The maximum atomic E-state index is 2.28. The summed E-state index contributed by atoms with van der Waals surface area (Å²) in [5.41, 5.74) is 0. The van der Waals surface area contributed by atoms with E-state index in [4.69, 9.17) is 0 Å². The summed E-state index contributed by atoms with van der Waals surface area (Å²) in [6.45, 7) is 2.28. The van der Waals surface area contributed by atoms with Crippen LogP contribution in [-0.4, -0.2) is 18.8 Å². The van der Waals surface area contributed by atoms with Crippen molar-refractivity contribution in [3.63, 3.8) is 0 Å². The molecule has 0 radical (unpaired) electrons. The number of rotatable bonds is 5. The molecule has 0 heterocycles. The fourth-order valence-electron chi connectivity index (χ4n) is 0.854. The van der Waals surface area contributed by atoms with Crippen molar-refractivity contribution in [1.82, 2.24) is 0 Å². The largest absolute Gasteiger partial charge is 1.00 e. The summed E-state index contributed by atoms with van der Waals surface area (Å²) in [4.78, 5) is 0. The van der Waals surface area contributed by atoms with Gasteiger partial charge in [0.25, 0.3) is 0 Å². The van der Waals surface area contributed by atoms with Gasteiger partial charge in [-0.25, -0.2) is 0 Å². The topological polar surface area (TPSA) is 0 Å². The fraction of sp³-hybridized carbons (Fsp3) is 1.00. The molecule has 0 aliphatic heterocycles. The zero-order valence-electron chi connectivity index (χ0n) is 8.24. The molecular weight excluding hydrogens is 135 g/mol. The van der Waals surface area contributed by atoms with E-state index in [1.54, 1.807) is 22.2 Å². The van der Waals surface area contributed by atoms with Gasteiger partial charge in [0.1, 0.15) is 0 Å². The second-order valence-corrected chi connectivity index (χ2v) is 7.12. The van der Waals surface area contributed by atoms with Crippen LogP contribution in [0.4, 0.5) is 0 Å². The van der Waals surface area contributed by atoms with Gasteiger partial charge in [0.05, 0.1) is 0 Å². The summed E-state index contributed by atoms with van der Waals surface area (Å²) in [5, 5.41) is 0. The summed E-state index contributed by atoms with van der Waals surface area (Å²) in [7, 11) is 2.07. The first-order valence-electron chi connectivity index (χ1n) is 3.91. The van der Waals surface area contributed by atoms with Gasteiger partial charge in [-0.15, -0.1) is 0 Å². The predicted octanol–water partition coefficient (Wildman–Crippen LogP) is -2.45. The smallest absolute Gasteiger partial charge is 1.00 e. The Morgan fingerprint density at radius 1 is 1.33 bits per heavy atom. The summed E-state index contributed by atoms with van der Waals surface area (Å²) in [5.74, 6) is 0. The average Bonchev–Trinajstić information content (AvgIpc) is 1.81. The molecule has 0 aromatic carbocycles. The van der Waals surface area contributed by atoms with E-state index in [-0.39, 0.29) is 20.3 Å². The zero-order chi connectivity index (χ0) is 6.24. The normalized spacial score (nSPS) is 10.3. The molecule has 0 N–H and O–H groups in total. The fourth-order valence-corrected chi connectivity index (χ4v) is 3.21. The molecule has 0 atom stereocenters. The number of unbranched alkanes of at least 4 members (excludes halogenated alkanes) is 3. The van der Waals surface area contributed by atoms with Gasteiger partial charge in [0.2, 0.25) is 0 Å². The minimum absolute atomic E-state index is 0. The Bertz CT molecular complexity index is 40.7. The monoisotopic (exact) mass is 154 g/mol. The van der Waals surface area contributed by atoms with Gasteiger partial charge >= 0.3 is 18.9 Å². The van der Waals surface area contributed by atoms with Crippen LogP contribution in [0.25, 0.3) is 0 Å². The van der Waals surface area contributed by atoms with E-state index in [0.717, 1.165) is 0 Å². The quantitative estimate of drug-likeness (QED) is 0.305. The van der Waals surface area contributed by atoms with E-state index in [1.165, 1.54) is 19.3 Å². The summed E-state index contributed by atoms with van der Waals surface area (Å²) >= 11 is 0. The van der Waals surface area contributed by atoms with Gasteiger partial charge in [-0.05, 0) is 9.76 Å². The molecule has 0 unspecified atom stereocenters. The average molecular weight is 154 g/mol. The first kappa shape index (κ1) is 12.7. The standard InChI is InChI=1S/C6H18Si2.Li.H/c1-2-3-4-5-6-8-7;;/h2-6,8H2,1,7H3;;/q;+1;-1. The Kier molecular flexibility index (Phi) is 16.6. The van der Waals surface area contributed by atoms with E-state index in [9.17, 15) is 0 Å². The van der Waals surface area contributed by atoms with Crippen molar-refractivity contribution < 1.29 is 20.3 Å². The van der Waals surface area contributed by atoms with E-state index in [0.29, 0.717) is 9.04 Å². The number of hydrogen-bond donors (Lipinski definition) is 0. The van der Waals surface area contributed by atoms with Crippen LogP contribution < -0.4 is 18.9 Å². The van der Waals surface area contributed by atoms with Crippen molar-refractivity contribution in [2.45, 2.75) is 38.7 Å². The van der Waals surface area contributed by atoms with Crippen molar-refractivity contribution >= 4 is 18.8 Å². The minimum atomic E-state index is 0. The molecule has 0 spiro atoms. The third-order valence-corrected chi connectivity index (χ3v) is 4.79. The van der Waals surface area contributed by atoms with Gasteiger partial charge < -0.3 is 1.43 Å². The molecule has 9 heavy (non-hydrogen) atoms. The second kappa shape index (κ2) is 11.8. The first-order chi connectivity index (χ1) is 3.91. The Balaban J connectivity index is -0.000000245. The Hall–Kier alpha value is 1.03. The zero-order valence-corrected chi connectivity index (χ0v) is 10.7. The molecule has 0 aromatic rings. The molecule has 0 rings (SSSR count). The Labute approximate surface area is 77.9 Å². The van der Waals surface area contributed by atoms with Gasteiger partial charge in [-0.2, -0.15) is 0 Å². The molecule has 0 saturated heterocycles. The molecule has 0 amide bonds. The second-order valence-electron chi connectivity index (χ2n) is 2.41. The molecule has 0 fully saturated rings. The molecular formula is C6H19LiSi2. The molecule has 52 valence electrons. The van der Waals surface area contributed by atoms with E-state index >= 15 is 0 Å². The van der Waals surface area contributed by atoms with Crippen LogP contribution in [0.2, 0.25) is 6.04 Å². The van der Waals surface area contributed by atoms with Crippen molar-refractivity contribution in [3.8, 4) is 0 Å². The maximum Gasteiger partial charge on any atom is 1.00 e. The van der Waals surface area contributed by atoms with Crippen molar-refractivity contribution in [3.05, 3.63) is 0 Å². The summed E-state index contributed by atoms with van der Waals surface area (Å²) in [6.07, 6.45) is 5.91. The summed E-state index contributed by atoms with van der Waals surface area (Å²) in [6, 6.07) is 1.63. The Morgan fingerprint density at radius 2 is 2.00 bits per heavy atom. The summed E-state index contributed by atoms with van der Waals surface area (Å²) < 4.78 is 0. The molecule has 0 aromatic heterocycles. The van der Waals surface area contributed by atoms with Crippen LogP contribution in [0.5, 0.6) is 0 Å². The number of hydrogen-bond acceptors (Lipinski definition) is 0. The molecule has 0 aliphatic carbocycles. The third kappa shape index (κ3) is 12.3. The van der Waals surface area contributed by atoms with Crippen LogP contribution in [0.1, 0.15) is 34.0 Å². The van der Waals surface area contributed by atoms with Crippen LogP contribution >= 0.6 is 0 Å². The maximum absolute atomic E-state index is 2.28. The minimum Gasteiger partial charge on any atom is -1.00 e. The van der Waals surface area contributed by atoms with E-state index < -0.39 is 0 Å². The molecule has 0 nitrogen and oxygen atoms in total. The first-order valence-corrected chi connectivity index (χ1v) is 10.6. The van der Waals surface area contributed by atoms with E-state index in [2.05, 4.69) is 6.92 Å². The van der Waals surface area contributed by atoms with Gasteiger partial charge in [-0.1, -0.05) is 38.7 Å². The van der Waals surface area contributed by atoms with Gasteiger partial charge in [0.15, 0.2) is 0 Å². The van der Waals surface area contributed by atoms with Gasteiger partial charge in [-0.3, -0.25) is 0 Å². The van der Waals surface area contributed by atoms with Crippen LogP contribution in [0, 0.1) is 0 Å². The van der Waals surface area contributed by atoms with Crippen LogP contribution in [-0.2, 0) is 0 Å². The molecule has 0 bridgehead atoms. The van der Waals surface area contributed by atoms with Crippen molar-refractivity contribution in [2.24, 2.45) is 0 Å². The Morgan fingerprint density at radius 3 is 2.44 bits per heavy atom. The third-order valence-electron chi connectivity index (χ3n) is 1.46. The SMILES string of the molecule is CCCCCC[SiH2][SiH3].[H-].[Li+]. The predicted molar refractivity (Wildman–Crippen MR) is 48.5 cm³/mol. The molecule has 0 aliphatic rings. The van der Waals surface area contributed by atoms with Crippen LogP contribution in [0.3, 0.4) is 0 Å². The molecule has 3 heteroatoms. The molecule has 0 saturated carbocycles. The van der Waals surface area contributed by atoms with Gasteiger partial charge in [0, 0.05) is 9.04 Å². The van der Waals surface area contributed by atoms with E-state index in [1.807, 2.05) is 0 Å². The van der Waals surface area contributed by atoms with Crippen molar-refractivity contribution in [2.75, 3.05) is 0 Å². The van der Waals surface area contributed by atoms with Crippen LogP contribution in [0.15, 0.2) is 0 Å².